The van der Waals surface area contributed by atoms with Crippen molar-refractivity contribution in [3.05, 3.63) is 96.6 Å². The lowest BCUT2D eigenvalue weighted by molar-refractivity contribution is 0.102. The van der Waals surface area contributed by atoms with Gasteiger partial charge in [-0.3, -0.25) is 10.6 Å². The summed E-state index contributed by atoms with van der Waals surface area (Å²) in [5, 5.41) is 2.78. The summed E-state index contributed by atoms with van der Waals surface area (Å²) in [5.41, 5.74) is 11.0. The van der Waals surface area contributed by atoms with E-state index in [0.29, 0.717) is 28.2 Å². The van der Waals surface area contributed by atoms with Crippen LogP contribution < -0.4 is 22.3 Å². The highest BCUT2D eigenvalue weighted by molar-refractivity contribution is 7.91. The molecule has 0 aliphatic rings. The van der Waals surface area contributed by atoms with Crippen molar-refractivity contribution in [3.8, 4) is 11.3 Å². The second-order valence-electron chi connectivity index (χ2n) is 7.15. The number of rotatable bonds is 6. The van der Waals surface area contributed by atoms with E-state index in [1.165, 1.54) is 12.1 Å². The van der Waals surface area contributed by atoms with Crippen LogP contribution in [0.1, 0.15) is 10.4 Å². The number of hydrogen-bond acceptors (Lipinski definition) is 7. The smallest absolute Gasteiger partial charge is 0.255 e. The lowest BCUT2D eigenvalue weighted by atomic mass is 10.1. The number of nitrogens with zero attached hydrogens (tertiary/aromatic N) is 1. The summed E-state index contributed by atoms with van der Waals surface area (Å²) in [7, 11) is -3.62. The quantitative estimate of drug-likeness (QED) is 0.254. The van der Waals surface area contributed by atoms with Gasteiger partial charge in [-0.25, -0.2) is 13.4 Å². The molecule has 0 spiro atoms. The Morgan fingerprint density at radius 3 is 2.18 bits per heavy atom. The molecule has 1 amide bonds. The van der Waals surface area contributed by atoms with Crippen LogP contribution in [-0.4, -0.2) is 19.3 Å². The number of carbonyl (C=O) groups is 1. The monoisotopic (exact) mass is 459 g/mol. The number of aromatic nitrogens is 1. The Kier molecular flexibility index (Phi) is 6.07. The van der Waals surface area contributed by atoms with E-state index in [4.69, 9.17) is 11.6 Å². The van der Waals surface area contributed by atoms with Crippen molar-refractivity contribution in [2.45, 2.75) is 9.79 Å². The first-order valence-corrected chi connectivity index (χ1v) is 11.4. The number of anilines is 3. The molecule has 0 aliphatic carbocycles. The van der Waals surface area contributed by atoms with Gasteiger partial charge in [0, 0.05) is 16.8 Å². The minimum absolute atomic E-state index is 0.146. The number of hydrogen-bond donors (Lipinski definition) is 4. The fourth-order valence-corrected chi connectivity index (χ4v) is 4.52. The van der Waals surface area contributed by atoms with Crippen LogP contribution in [0.25, 0.3) is 11.3 Å². The zero-order valence-electron chi connectivity index (χ0n) is 17.4. The molecule has 0 radical (unpaired) electrons. The molecule has 0 fully saturated rings. The summed E-state index contributed by atoms with van der Waals surface area (Å²) < 4.78 is 25.4. The van der Waals surface area contributed by atoms with Crippen molar-refractivity contribution in [2.24, 2.45) is 5.84 Å². The Balaban J connectivity index is 1.52. The van der Waals surface area contributed by atoms with E-state index in [0.717, 1.165) is 0 Å². The molecule has 1 aromatic heterocycles. The Bertz CT molecular complexity index is 1410. The topological polar surface area (TPSA) is 140 Å². The van der Waals surface area contributed by atoms with Crippen LogP contribution in [0.3, 0.4) is 0 Å². The number of carbonyl (C=O) groups excluding carboxylic acids is 1. The van der Waals surface area contributed by atoms with E-state index in [9.17, 15) is 13.2 Å². The van der Waals surface area contributed by atoms with E-state index in [2.05, 4.69) is 15.7 Å². The average molecular weight is 460 g/mol. The van der Waals surface area contributed by atoms with Crippen LogP contribution in [0.4, 0.5) is 17.2 Å². The fourth-order valence-electron chi connectivity index (χ4n) is 3.23. The molecular formula is C24H21N5O3S. The van der Waals surface area contributed by atoms with Gasteiger partial charge in [0.25, 0.3) is 5.91 Å². The van der Waals surface area contributed by atoms with Gasteiger partial charge in [-0.05, 0) is 60.7 Å². The molecule has 33 heavy (non-hydrogen) atoms. The third-order valence-electron chi connectivity index (χ3n) is 4.98. The second kappa shape index (κ2) is 9.11. The summed E-state index contributed by atoms with van der Waals surface area (Å²) >= 11 is 0. The molecule has 0 bridgehead atoms. The van der Waals surface area contributed by atoms with Crippen LogP contribution in [0.5, 0.6) is 0 Å². The number of nitrogens with two attached hydrogens (primary N) is 2. The zero-order valence-corrected chi connectivity index (χ0v) is 18.2. The molecule has 0 unspecified atom stereocenters. The molecule has 0 aliphatic heterocycles. The highest BCUT2D eigenvalue weighted by Gasteiger charge is 2.17. The fraction of sp³-hybridized carbons (Fsp3) is 0. The maximum absolute atomic E-state index is 12.8. The number of sulfone groups is 1. The zero-order chi connectivity index (χ0) is 23.4. The Morgan fingerprint density at radius 2 is 1.52 bits per heavy atom. The van der Waals surface area contributed by atoms with E-state index in [1.807, 2.05) is 6.07 Å². The Morgan fingerprint density at radius 1 is 0.818 bits per heavy atom. The number of benzene rings is 3. The molecule has 0 saturated heterocycles. The van der Waals surface area contributed by atoms with Gasteiger partial charge in [0.1, 0.15) is 5.82 Å². The Labute approximate surface area is 191 Å². The average Bonchev–Trinajstić information content (AvgIpc) is 2.85. The number of pyridine rings is 1. The first-order chi connectivity index (χ1) is 15.9. The molecule has 4 rings (SSSR count). The Hall–Kier alpha value is -4.21. The lowest BCUT2D eigenvalue weighted by Crippen LogP contribution is -2.12. The van der Waals surface area contributed by atoms with Crippen LogP contribution in [0.2, 0.25) is 0 Å². The van der Waals surface area contributed by atoms with Crippen molar-refractivity contribution >= 4 is 32.9 Å². The lowest BCUT2D eigenvalue weighted by Gasteiger charge is -2.10. The standard InChI is InChI=1S/C24H21N5O3S/c25-23-22(29-26)14-13-21(28-23)16-5-4-6-17(15-16)24(30)27-18-9-11-20(12-10-18)33(31,32)19-7-2-1-3-8-19/h1-15,29H,26H2,(H2,25,28)(H,27,30). The van der Waals surface area contributed by atoms with Gasteiger partial charge in [0.2, 0.25) is 9.84 Å². The van der Waals surface area contributed by atoms with E-state index in [-0.39, 0.29) is 21.5 Å². The maximum atomic E-state index is 12.8. The van der Waals surface area contributed by atoms with Crippen molar-refractivity contribution in [2.75, 3.05) is 16.5 Å². The maximum Gasteiger partial charge on any atom is 0.255 e. The first kappa shape index (κ1) is 22.0. The number of hydrazine groups is 1. The highest BCUT2D eigenvalue weighted by Crippen LogP contribution is 2.25. The van der Waals surface area contributed by atoms with Gasteiger partial charge in [0.15, 0.2) is 0 Å². The van der Waals surface area contributed by atoms with Crippen molar-refractivity contribution < 1.29 is 13.2 Å². The van der Waals surface area contributed by atoms with Gasteiger partial charge >= 0.3 is 0 Å². The highest BCUT2D eigenvalue weighted by atomic mass is 32.2. The van der Waals surface area contributed by atoms with E-state index >= 15 is 0 Å². The SMILES string of the molecule is NNc1ccc(-c2cccc(C(=O)Nc3ccc(S(=O)(=O)c4ccccc4)cc3)c2)nc1N. The van der Waals surface area contributed by atoms with Crippen molar-refractivity contribution in [1.29, 1.82) is 0 Å². The summed E-state index contributed by atoms with van der Waals surface area (Å²) in [6, 6.07) is 24.6. The minimum atomic E-state index is -3.62. The van der Waals surface area contributed by atoms with Crippen LogP contribution in [-0.2, 0) is 9.84 Å². The summed E-state index contributed by atoms with van der Waals surface area (Å²) in [5.74, 6) is 5.28. The molecule has 4 aromatic rings. The van der Waals surface area contributed by atoms with Crippen LogP contribution >= 0.6 is 0 Å². The molecule has 8 nitrogen and oxygen atoms in total. The molecule has 0 saturated carbocycles. The third kappa shape index (κ3) is 4.69. The number of amides is 1. The summed E-state index contributed by atoms with van der Waals surface area (Å²) in [6.45, 7) is 0. The van der Waals surface area contributed by atoms with E-state index < -0.39 is 9.84 Å². The van der Waals surface area contributed by atoms with Crippen molar-refractivity contribution in [3.63, 3.8) is 0 Å². The normalized spacial score (nSPS) is 11.1. The second-order valence-corrected chi connectivity index (χ2v) is 9.10. The molecule has 9 heteroatoms. The molecule has 166 valence electrons. The largest absolute Gasteiger partial charge is 0.382 e. The minimum Gasteiger partial charge on any atom is -0.382 e. The van der Waals surface area contributed by atoms with Gasteiger partial charge in [-0.2, -0.15) is 0 Å². The molecule has 1 heterocycles. The molecular weight excluding hydrogens is 438 g/mol. The van der Waals surface area contributed by atoms with Gasteiger partial charge in [-0.1, -0.05) is 30.3 Å². The van der Waals surface area contributed by atoms with Crippen LogP contribution in [0.15, 0.2) is 101 Å². The summed E-state index contributed by atoms with van der Waals surface area (Å²) in [4.78, 5) is 17.4. The molecule has 0 atom stereocenters. The third-order valence-corrected chi connectivity index (χ3v) is 6.76. The summed E-state index contributed by atoms with van der Waals surface area (Å²) in [6.07, 6.45) is 0. The first-order valence-electron chi connectivity index (χ1n) is 9.93. The predicted octanol–water partition coefficient (Wildman–Crippen LogP) is 3.70. The van der Waals surface area contributed by atoms with Gasteiger partial charge < -0.3 is 16.5 Å². The molecule has 3 aromatic carbocycles. The van der Waals surface area contributed by atoms with Crippen LogP contribution in [0, 0.1) is 0 Å². The van der Waals surface area contributed by atoms with Gasteiger partial charge in [0.05, 0.1) is 21.2 Å². The number of nitrogens with one attached hydrogen (secondary N) is 2. The van der Waals surface area contributed by atoms with Crippen molar-refractivity contribution in [1.82, 2.24) is 4.98 Å². The predicted molar refractivity (Wildman–Crippen MR) is 128 cm³/mol. The van der Waals surface area contributed by atoms with Gasteiger partial charge in [-0.15, -0.1) is 0 Å². The molecule has 6 N–H and O–H groups in total. The number of nitrogen functional groups attached to an aromatic ring is 2. The van der Waals surface area contributed by atoms with E-state index in [1.54, 1.807) is 72.8 Å².